The van der Waals surface area contributed by atoms with E-state index in [4.69, 9.17) is 9.47 Å². The number of nitrogens with one attached hydrogen (secondary N) is 1. The van der Waals surface area contributed by atoms with Crippen molar-refractivity contribution in [2.75, 3.05) is 39.2 Å². The van der Waals surface area contributed by atoms with E-state index in [0.29, 0.717) is 30.2 Å². The van der Waals surface area contributed by atoms with Crippen LogP contribution in [0.5, 0.6) is 5.75 Å². The Bertz CT molecular complexity index is 1040. The van der Waals surface area contributed by atoms with Gasteiger partial charge in [-0.05, 0) is 61.6 Å². The van der Waals surface area contributed by atoms with Crippen LogP contribution in [0.4, 0.5) is 5.69 Å². The van der Waals surface area contributed by atoms with Gasteiger partial charge in [0, 0.05) is 63.8 Å². The number of hydrogen-bond donors (Lipinski definition) is 1. The maximum Gasteiger partial charge on any atom is 0.257 e. The molecule has 0 saturated heterocycles. The van der Waals surface area contributed by atoms with Crippen molar-refractivity contribution in [1.29, 1.82) is 0 Å². The van der Waals surface area contributed by atoms with Crippen molar-refractivity contribution in [3.05, 3.63) is 53.9 Å². The van der Waals surface area contributed by atoms with Gasteiger partial charge in [-0.3, -0.25) is 19.5 Å². The molecular weight excluding hydrogens is 456 g/mol. The van der Waals surface area contributed by atoms with Crippen molar-refractivity contribution < 1.29 is 19.1 Å². The topological polar surface area (TPSA) is 84.0 Å². The van der Waals surface area contributed by atoms with E-state index in [-0.39, 0.29) is 35.8 Å². The normalized spacial score (nSPS) is 24.1. The van der Waals surface area contributed by atoms with E-state index >= 15 is 0 Å². The summed E-state index contributed by atoms with van der Waals surface area (Å²) in [6.07, 6.45) is 6.43. The minimum atomic E-state index is -0.152. The molecule has 1 aromatic heterocycles. The summed E-state index contributed by atoms with van der Waals surface area (Å²) >= 11 is 0. The molecule has 1 aliphatic heterocycles. The molecule has 3 atom stereocenters. The molecule has 8 nitrogen and oxygen atoms in total. The highest BCUT2D eigenvalue weighted by Crippen LogP contribution is 2.30. The van der Waals surface area contributed by atoms with Crippen molar-refractivity contribution in [1.82, 2.24) is 14.8 Å². The van der Waals surface area contributed by atoms with Gasteiger partial charge in [-0.15, -0.1) is 0 Å². The van der Waals surface area contributed by atoms with Gasteiger partial charge in [-0.1, -0.05) is 13.3 Å². The summed E-state index contributed by atoms with van der Waals surface area (Å²) in [4.78, 5) is 34.2. The van der Waals surface area contributed by atoms with Crippen molar-refractivity contribution in [2.45, 2.75) is 51.8 Å². The molecule has 36 heavy (non-hydrogen) atoms. The molecule has 0 radical (unpaired) electrons. The number of nitrogens with zero attached hydrogens (tertiary/aromatic N) is 3. The minimum absolute atomic E-state index is 0.0183. The van der Waals surface area contributed by atoms with Gasteiger partial charge in [-0.25, -0.2) is 0 Å². The van der Waals surface area contributed by atoms with Crippen LogP contribution in [-0.4, -0.2) is 72.6 Å². The molecule has 0 unspecified atom stereocenters. The molecule has 1 N–H and O–H groups in total. The number of methoxy groups -OCH3 is 1. The predicted octanol–water partition coefficient (Wildman–Crippen LogP) is 3.83. The van der Waals surface area contributed by atoms with E-state index in [9.17, 15) is 9.59 Å². The lowest BCUT2D eigenvalue weighted by Gasteiger charge is -2.36. The second-order valence-electron chi connectivity index (χ2n) is 10.2. The Kier molecular flexibility index (Phi) is 8.59. The Morgan fingerprint density at radius 3 is 2.58 bits per heavy atom. The number of amides is 2. The van der Waals surface area contributed by atoms with Gasteiger partial charge in [0.15, 0.2) is 0 Å². The number of hydrogen-bond acceptors (Lipinski definition) is 6. The third-order valence-electron chi connectivity index (χ3n) is 7.45. The van der Waals surface area contributed by atoms with Crippen molar-refractivity contribution in [2.24, 2.45) is 11.8 Å². The lowest BCUT2D eigenvalue weighted by atomic mass is 9.85. The van der Waals surface area contributed by atoms with Crippen LogP contribution >= 0.6 is 0 Å². The fourth-order valence-corrected chi connectivity index (χ4v) is 4.79. The van der Waals surface area contributed by atoms with Crippen LogP contribution < -0.4 is 10.1 Å². The largest absolute Gasteiger partial charge is 0.491 e. The summed E-state index contributed by atoms with van der Waals surface area (Å²) < 4.78 is 12.1. The monoisotopic (exact) mass is 494 g/mol. The molecule has 1 aromatic carbocycles. The van der Waals surface area contributed by atoms with Gasteiger partial charge in [0.05, 0.1) is 11.7 Å². The number of fused-ring (bicyclic) bond motifs is 1. The Labute approximate surface area is 214 Å². The van der Waals surface area contributed by atoms with Gasteiger partial charge in [-0.2, -0.15) is 0 Å². The fourth-order valence-electron chi connectivity index (χ4n) is 4.79. The average Bonchev–Trinajstić information content (AvgIpc) is 2.84. The zero-order valence-corrected chi connectivity index (χ0v) is 21.8. The highest BCUT2D eigenvalue weighted by atomic mass is 16.5. The molecule has 1 saturated carbocycles. The second-order valence-corrected chi connectivity index (χ2v) is 10.2. The molecule has 2 heterocycles. The van der Waals surface area contributed by atoms with Crippen LogP contribution in [0.2, 0.25) is 0 Å². The number of anilines is 1. The quantitative estimate of drug-likeness (QED) is 0.680. The third-order valence-corrected chi connectivity index (χ3v) is 7.45. The second kappa shape index (κ2) is 11.8. The zero-order valence-electron chi connectivity index (χ0n) is 21.8. The summed E-state index contributed by atoms with van der Waals surface area (Å²) in [5.41, 5.74) is 2.25. The van der Waals surface area contributed by atoms with E-state index in [2.05, 4.69) is 29.0 Å². The molecular formula is C28H38N4O4. The average molecular weight is 495 g/mol. The SMILES string of the molecule is CO[C@H]1CN(C)C(=O)c2cc(NC(=O)C3CCC3)ccc2OC[C@@H](C)N(Cc2ccncc2)C[C@@H]1C. The highest BCUT2D eigenvalue weighted by Gasteiger charge is 2.29. The van der Waals surface area contributed by atoms with Gasteiger partial charge < -0.3 is 19.7 Å². The maximum atomic E-state index is 13.5. The molecule has 2 aliphatic rings. The molecule has 8 heteroatoms. The van der Waals surface area contributed by atoms with E-state index in [1.54, 1.807) is 31.2 Å². The van der Waals surface area contributed by atoms with Crippen LogP contribution in [0.3, 0.4) is 0 Å². The van der Waals surface area contributed by atoms with E-state index in [1.807, 2.05) is 30.6 Å². The van der Waals surface area contributed by atoms with Crippen LogP contribution in [0, 0.1) is 11.8 Å². The number of ether oxygens (including phenoxy) is 2. The molecule has 2 aromatic rings. The smallest absolute Gasteiger partial charge is 0.257 e. The lowest BCUT2D eigenvalue weighted by molar-refractivity contribution is -0.122. The molecule has 4 rings (SSSR count). The van der Waals surface area contributed by atoms with Gasteiger partial charge in [0.1, 0.15) is 12.4 Å². The number of rotatable bonds is 5. The first kappa shape index (κ1) is 26.1. The minimum Gasteiger partial charge on any atom is -0.491 e. The first-order chi connectivity index (χ1) is 17.4. The van der Waals surface area contributed by atoms with Crippen molar-refractivity contribution in [3.63, 3.8) is 0 Å². The standard InChI is InChI=1S/C28H38N4O4/c1-19-15-32(16-21-10-12-29-13-11-21)20(2)18-36-25-9-8-23(30-27(33)22-6-5-7-22)14-24(25)28(34)31(3)17-26(19)35-4/h8-14,19-20,22,26H,5-7,15-18H2,1-4H3,(H,30,33)/t19-,20+,26-/m0/s1. The first-order valence-electron chi connectivity index (χ1n) is 12.8. The highest BCUT2D eigenvalue weighted by molar-refractivity contribution is 6.00. The molecule has 1 aliphatic carbocycles. The number of benzene rings is 1. The van der Waals surface area contributed by atoms with Crippen LogP contribution in [-0.2, 0) is 16.1 Å². The number of pyridine rings is 1. The van der Waals surface area contributed by atoms with Gasteiger partial charge >= 0.3 is 0 Å². The van der Waals surface area contributed by atoms with Gasteiger partial charge in [0.25, 0.3) is 5.91 Å². The fraction of sp³-hybridized carbons (Fsp3) is 0.536. The summed E-state index contributed by atoms with van der Waals surface area (Å²) in [5.74, 6) is 0.635. The Hall–Kier alpha value is -2.97. The molecule has 194 valence electrons. The zero-order chi connectivity index (χ0) is 25.7. The maximum absolute atomic E-state index is 13.5. The summed E-state index contributed by atoms with van der Waals surface area (Å²) in [7, 11) is 3.49. The van der Waals surface area contributed by atoms with Crippen LogP contribution in [0.1, 0.15) is 49.0 Å². The van der Waals surface area contributed by atoms with Gasteiger partial charge in [0.2, 0.25) is 5.91 Å². The molecule has 1 fully saturated rings. The van der Waals surface area contributed by atoms with Crippen LogP contribution in [0.15, 0.2) is 42.7 Å². The number of aromatic nitrogens is 1. The molecule has 2 amide bonds. The Morgan fingerprint density at radius 2 is 1.92 bits per heavy atom. The summed E-state index contributed by atoms with van der Waals surface area (Å²) in [6.45, 7) is 6.74. The predicted molar refractivity (Wildman–Crippen MR) is 139 cm³/mol. The van der Waals surface area contributed by atoms with Crippen molar-refractivity contribution >= 4 is 17.5 Å². The third kappa shape index (κ3) is 6.23. The first-order valence-corrected chi connectivity index (χ1v) is 12.8. The Morgan fingerprint density at radius 1 is 1.17 bits per heavy atom. The molecule has 0 bridgehead atoms. The number of carbonyl (C=O) groups excluding carboxylic acids is 2. The molecule has 0 spiro atoms. The Balaban J connectivity index is 1.60. The van der Waals surface area contributed by atoms with E-state index in [0.717, 1.165) is 32.4 Å². The lowest BCUT2D eigenvalue weighted by Crippen LogP contribution is -2.46. The summed E-state index contributed by atoms with van der Waals surface area (Å²) in [5, 5.41) is 2.98. The number of likely N-dealkylation sites (N-methyl/N-ethyl adjacent to an activating group) is 1. The van der Waals surface area contributed by atoms with E-state index < -0.39 is 0 Å². The van der Waals surface area contributed by atoms with Crippen LogP contribution in [0.25, 0.3) is 0 Å². The summed E-state index contributed by atoms with van der Waals surface area (Å²) in [6, 6.07) is 9.50. The van der Waals surface area contributed by atoms with Crippen molar-refractivity contribution in [3.8, 4) is 5.75 Å². The van der Waals surface area contributed by atoms with E-state index in [1.165, 1.54) is 5.56 Å². The number of carbonyl (C=O) groups is 2.